The van der Waals surface area contributed by atoms with Gasteiger partial charge < -0.3 is 10.5 Å². The number of rotatable bonds is 6. The molecule has 0 radical (unpaired) electrons. The van der Waals surface area contributed by atoms with E-state index in [0.717, 1.165) is 13.0 Å². The average molecular weight is 199 g/mol. The van der Waals surface area contributed by atoms with Gasteiger partial charge in [0.05, 0.1) is 6.10 Å². The topological polar surface area (TPSA) is 35.2 Å². The van der Waals surface area contributed by atoms with Crippen molar-refractivity contribution in [1.82, 2.24) is 0 Å². The van der Waals surface area contributed by atoms with Crippen LogP contribution in [-0.4, -0.2) is 18.8 Å². The molecule has 1 saturated heterocycles. The molecular formula is C12H25NO. The van der Waals surface area contributed by atoms with Crippen LogP contribution in [0, 0.1) is 5.92 Å². The molecule has 1 aliphatic rings. The Morgan fingerprint density at radius 2 is 2.29 bits per heavy atom. The van der Waals surface area contributed by atoms with E-state index in [1.807, 2.05) is 0 Å². The fourth-order valence-corrected chi connectivity index (χ4v) is 2.16. The van der Waals surface area contributed by atoms with Gasteiger partial charge in [0.25, 0.3) is 0 Å². The van der Waals surface area contributed by atoms with Gasteiger partial charge in [-0.1, -0.05) is 20.3 Å². The van der Waals surface area contributed by atoms with E-state index in [4.69, 9.17) is 10.5 Å². The van der Waals surface area contributed by atoms with E-state index in [1.54, 1.807) is 0 Å². The Morgan fingerprint density at radius 1 is 1.50 bits per heavy atom. The van der Waals surface area contributed by atoms with Gasteiger partial charge in [-0.3, -0.25) is 0 Å². The van der Waals surface area contributed by atoms with Gasteiger partial charge >= 0.3 is 0 Å². The standard InChI is InChI=1S/C12H25NO/c1-3-12(13)10(2)6-4-7-11-8-5-9-14-11/h10-12H,3-9,13H2,1-2H3. The number of hydrogen-bond donors (Lipinski definition) is 1. The van der Waals surface area contributed by atoms with Gasteiger partial charge in [0.2, 0.25) is 0 Å². The zero-order valence-corrected chi connectivity index (χ0v) is 9.67. The fourth-order valence-electron chi connectivity index (χ4n) is 2.16. The van der Waals surface area contributed by atoms with Gasteiger partial charge in [0.15, 0.2) is 0 Å². The van der Waals surface area contributed by atoms with E-state index in [1.165, 1.54) is 32.1 Å². The molecule has 0 spiro atoms. The quantitative estimate of drug-likeness (QED) is 0.714. The summed E-state index contributed by atoms with van der Waals surface area (Å²) in [4.78, 5) is 0. The maximum absolute atomic E-state index is 5.98. The first-order valence-electron chi connectivity index (χ1n) is 6.11. The normalized spacial score (nSPS) is 26.4. The highest BCUT2D eigenvalue weighted by molar-refractivity contribution is 4.70. The molecule has 3 unspecified atom stereocenters. The highest BCUT2D eigenvalue weighted by Crippen LogP contribution is 2.20. The highest BCUT2D eigenvalue weighted by atomic mass is 16.5. The summed E-state index contributed by atoms with van der Waals surface area (Å²) in [7, 11) is 0. The fraction of sp³-hybridized carbons (Fsp3) is 1.00. The number of hydrogen-bond acceptors (Lipinski definition) is 2. The van der Waals surface area contributed by atoms with Gasteiger partial charge in [-0.05, 0) is 38.0 Å². The molecule has 0 saturated carbocycles. The van der Waals surface area contributed by atoms with Crippen LogP contribution in [0.15, 0.2) is 0 Å². The van der Waals surface area contributed by atoms with Crippen LogP contribution < -0.4 is 5.73 Å². The Morgan fingerprint density at radius 3 is 2.86 bits per heavy atom. The third kappa shape index (κ3) is 3.97. The second-order valence-corrected chi connectivity index (χ2v) is 4.62. The minimum absolute atomic E-state index is 0.388. The largest absolute Gasteiger partial charge is 0.378 e. The van der Waals surface area contributed by atoms with Crippen LogP contribution in [0.3, 0.4) is 0 Å². The summed E-state index contributed by atoms with van der Waals surface area (Å²) in [5, 5.41) is 0. The van der Waals surface area contributed by atoms with Crippen molar-refractivity contribution in [2.24, 2.45) is 11.7 Å². The second kappa shape index (κ2) is 6.41. The first-order valence-corrected chi connectivity index (χ1v) is 6.11. The van der Waals surface area contributed by atoms with Crippen LogP contribution in [0.25, 0.3) is 0 Å². The minimum Gasteiger partial charge on any atom is -0.378 e. The summed E-state index contributed by atoms with van der Waals surface area (Å²) >= 11 is 0. The van der Waals surface area contributed by atoms with Gasteiger partial charge in [0, 0.05) is 12.6 Å². The molecule has 0 aromatic carbocycles. The third-order valence-electron chi connectivity index (χ3n) is 3.41. The highest BCUT2D eigenvalue weighted by Gasteiger charge is 2.16. The summed E-state index contributed by atoms with van der Waals surface area (Å²) < 4.78 is 5.59. The van der Waals surface area contributed by atoms with Crippen molar-refractivity contribution in [2.75, 3.05) is 6.61 Å². The molecule has 1 heterocycles. The lowest BCUT2D eigenvalue weighted by Gasteiger charge is -2.18. The summed E-state index contributed by atoms with van der Waals surface area (Å²) in [6.07, 6.45) is 7.96. The monoisotopic (exact) mass is 199 g/mol. The molecule has 2 heteroatoms. The van der Waals surface area contributed by atoms with E-state index in [9.17, 15) is 0 Å². The molecule has 1 rings (SSSR count). The second-order valence-electron chi connectivity index (χ2n) is 4.62. The number of nitrogens with two attached hydrogens (primary N) is 1. The molecule has 2 N–H and O–H groups in total. The summed E-state index contributed by atoms with van der Waals surface area (Å²) in [5.74, 6) is 0.668. The Bertz CT molecular complexity index is 143. The van der Waals surface area contributed by atoms with Crippen LogP contribution in [-0.2, 0) is 4.74 Å². The van der Waals surface area contributed by atoms with Crippen molar-refractivity contribution in [2.45, 2.75) is 64.5 Å². The van der Waals surface area contributed by atoms with Gasteiger partial charge in [0.1, 0.15) is 0 Å². The zero-order chi connectivity index (χ0) is 10.4. The molecule has 0 amide bonds. The maximum Gasteiger partial charge on any atom is 0.0576 e. The average Bonchev–Trinajstić information content (AvgIpc) is 2.69. The molecule has 2 nitrogen and oxygen atoms in total. The Labute approximate surface area is 88.2 Å². The smallest absolute Gasteiger partial charge is 0.0576 e. The van der Waals surface area contributed by atoms with Crippen molar-refractivity contribution >= 4 is 0 Å². The molecule has 0 aromatic rings. The molecular weight excluding hydrogens is 174 g/mol. The lowest BCUT2D eigenvalue weighted by atomic mass is 9.94. The maximum atomic E-state index is 5.98. The minimum atomic E-state index is 0.388. The molecule has 84 valence electrons. The molecule has 1 aliphatic heterocycles. The molecule has 1 fully saturated rings. The van der Waals surface area contributed by atoms with Crippen molar-refractivity contribution in [1.29, 1.82) is 0 Å². The lowest BCUT2D eigenvalue weighted by molar-refractivity contribution is 0.100. The van der Waals surface area contributed by atoms with Crippen LogP contribution in [0.5, 0.6) is 0 Å². The summed E-state index contributed by atoms with van der Waals surface area (Å²) in [6, 6.07) is 0.388. The van der Waals surface area contributed by atoms with E-state index in [2.05, 4.69) is 13.8 Å². The van der Waals surface area contributed by atoms with Crippen LogP contribution >= 0.6 is 0 Å². The summed E-state index contributed by atoms with van der Waals surface area (Å²) in [5.41, 5.74) is 5.98. The first-order chi connectivity index (χ1) is 6.74. The number of ether oxygens (including phenoxy) is 1. The Balaban J connectivity index is 2.02. The summed E-state index contributed by atoms with van der Waals surface area (Å²) in [6.45, 7) is 5.42. The van der Waals surface area contributed by atoms with E-state index < -0.39 is 0 Å². The molecule has 0 aliphatic carbocycles. The van der Waals surface area contributed by atoms with Crippen molar-refractivity contribution < 1.29 is 4.74 Å². The van der Waals surface area contributed by atoms with Crippen LogP contribution in [0.2, 0.25) is 0 Å². The van der Waals surface area contributed by atoms with Crippen LogP contribution in [0.4, 0.5) is 0 Å². The van der Waals surface area contributed by atoms with Crippen molar-refractivity contribution in [3.8, 4) is 0 Å². The van der Waals surface area contributed by atoms with E-state index in [0.29, 0.717) is 18.1 Å². The first kappa shape index (κ1) is 12.0. The predicted molar refractivity (Wildman–Crippen MR) is 60.3 cm³/mol. The Kier molecular flexibility index (Phi) is 5.49. The van der Waals surface area contributed by atoms with Gasteiger partial charge in [-0.25, -0.2) is 0 Å². The predicted octanol–water partition coefficient (Wildman–Crippen LogP) is 2.71. The molecule has 14 heavy (non-hydrogen) atoms. The SMILES string of the molecule is CCC(N)C(C)CCCC1CCCO1. The zero-order valence-electron chi connectivity index (χ0n) is 9.67. The van der Waals surface area contributed by atoms with Crippen molar-refractivity contribution in [3.63, 3.8) is 0 Å². The van der Waals surface area contributed by atoms with Gasteiger partial charge in [-0.15, -0.1) is 0 Å². The molecule has 3 atom stereocenters. The molecule has 0 bridgehead atoms. The lowest BCUT2D eigenvalue weighted by Crippen LogP contribution is -2.27. The van der Waals surface area contributed by atoms with Crippen LogP contribution in [0.1, 0.15) is 52.4 Å². The third-order valence-corrected chi connectivity index (χ3v) is 3.41. The van der Waals surface area contributed by atoms with E-state index >= 15 is 0 Å². The van der Waals surface area contributed by atoms with E-state index in [-0.39, 0.29) is 0 Å². The Hall–Kier alpha value is -0.0800. The van der Waals surface area contributed by atoms with Gasteiger partial charge in [-0.2, -0.15) is 0 Å². The van der Waals surface area contributed by atoms with Crippen molar-refractivity contribution in [3.05, 3.63) is 0 Å². The molecule has 0 aromatic heterocycles.